The van der Waals surface area contributed by atoms with Crippen molar-refractivity contribution in [3.63, 3.8) is 0 Å². The molecular formula is C21H21F3O2. The van der Waals surface area contributed by atoms with Crippen molar-refractivity contribution in [3.05, 3.63) is 58.9 Å². The summed E-state index contributed by atoms with van der Waals surface area (Å²) >= 11 is 0. The first-order valence-corrected chi connectivity index (χ1v) is 8.93. The van der Waals surface area contributed by atoms with Gasteiger partial charge in [-0.05, 0) is 72.4 Å². The summed E-state index contributed by atoms with van der Waals surface area (Å²) in [5.74, 6) is -4.50. The first kappa shape index (κ1) is 18.5. The molecule has 1 aliphatic rings. The summed E-state index contributed by atoms with van der Waals surface area (Å²) in [7, 11) is 0. The molecule has 0 saturated heterocycles. The topological polar surface area (TPSA) is 37.3 Å². The zero-order valence-corrected chi connectivity index (χ0v) is 14.6. The first-order chi connectivity index (χ1) is 12.4. The summed E-state index contributed by atoms with van der Waals surface area (Å²) in [6.07, 6.45) is 4.76. The van der Waals surface area contributed by atoms with Gasteiger partial charge in [0.2, 0.25) is 0 Å². The molecule has 1 saturated carbocycles. The van der Waals surface area contributed by atoms with Crippen LogP contribution >= 0.6 is 0 Å². The molecule has 1 aliphatic carbocycles. The van der Waals surface area contributed by atoms with Crippen molar-refractivity contribution >= 4 is 5.97 Å². The van der Waals surface area contributed by atoms with Crippen LogP contribution in [0.4, 0.5) is 13.2 Å². The average Bonchev–Trinajstić information content (AvgIpc) is 2.65. The molecule has 5 heteroatoms. The van der Waals surface area contributed by atoms with Crippen LogP contribution in [-0.2, 0) is 0 Å². The van der Waals surface area contributed by atoms with Gasteiger partial charge < -0.3 is 5.11 Å². The molecule has 3 rings (SSSR count). The fraction of sp³-hybridized carbons (Fsp3) is 0.381. The van der Waals surface area contributed by atoms with Gasteiger partial charge in [0.1, 0.15) is 0 Å². The van der Waals surface area contributed by atoms with Crippen molar-refractivity contribution in [2.75, 3.05) is 0 Å². The van der Waals surface area contributed by atoms with Gasteiger partial charge in [-0.1, -0.05) is 25.5 Å². The highest BCUT2D eigenvalue weighted by Crippen LogP contribution is 2.42. The quantitative estimate of drug-likeness (QED) is 0.662. The SMILES string of the molecule is CCC1CCC(c2c(C(=O)O)cccc2-c2cc(F)c(F)c(F)c2)CC1. The Morgan fingerprint density at radius 1 is 1.08 bits per heavy atom. The van der Waals surface area contributed by atoms with E-state index in [1.54, 1.807) is 12.1 Å². The molecule has 0 heterocycles. The normalized spacial score (nSPS) is 20.2. The van der Waals surface area contributed by atoms with E-state index < -0.39 is 23.4 Å². The summed E-state index contributed by atoms with van der Waals surface area (Å²) < 4.78 is 40.8. The summed E-state index contributed by atoms with van der Waals surface area (Å²) in [6.45, 7) is 2.14. The first-order valence-electron chi connectivity index (χ1n) is 8.93. The third kappa shape index (κ3) is 3.48. The number of halogens is 3. The maximum atomic E-state index is 13.7. The van der Waals surface area contributed by atoms with Crippen molar-refractivity contribution in [1.82, 2.24) is 0 Å². The lowest BCUT2D eigenvalue weighted by Crippen LogP contribution is -2.16. The van der Waals surface area contributed by atoms with E-state index in [0.717, 1.165) is 44.2 Å². The predicted molar refractivity (Wildman–Crippen MR) is 93.7 cm³/mol. The highest BCUT2D eigenvalue weighted by molar-refractivity contribution is 5.92. The van der Waals surface area contributed by atoms with Gasteiger partial charge in [0.05, 0.1) is 5.56 Å². The highest BCUT2D eigenvalue weighted by Gasteiger charge is 2.28. The van der Waals surface area contributed by atoms with E-state index in [2.05, 4.69) is 6.92 Å². The Hall–Kier alpha value is -2.30. The van der Waals surface area contributed by atoms with Crippen LogP contribution in [0, 0.1) is 23.4 Å². The lowest BCUT2D eigenvalue weighted by atomic mass is 9.74. The molecule has 0 bridgehead atoms. The highest BCUT2D eigenvalue weighted by atomic mass is 19.2. The Morgan fingerprint density at radius 2 is 1.69 bits per heavy atom. The molecule has 0 aliphatic heterocycles. The molecule has 0 aromatic heterocycles. The zero-order chi connectivity index (χ0) is 18.8. The Balaban J connectivity index is 2.12. The number of benzene rings is 2. The minimum atomic E-state index is -1.52. The van der Waals surface area contributed by atoms with Gasteiger partial charge >= 0.3 is 5.97 Å². The number of carboxylic acids is 1. The average molecular weight is 362 g/mol. The zero-order valence-electron chi connectivity index (χ0n) is 14.6. The summed E-state index contributed by atoms with van der Waals surface area (Å²) in [5, 5.41) is 9.61. The van der Waals surface area contributed by atoms with Gasteiger partial charge in [-0.3, -0.25) is 0 Å². The molecule has 0 radical (unpaired) electrons. The molecule has 2 aromatic rings. The van der Waals surface area contributed by atoms with Gasteiger partial charge in [-0.2, -0.15) is 0 Å². The molecule has 0 amide bonds. The van der Waals surface area contributed by atoms with Gasteiger partial charge in [0.25, 0.3) is 0 Å². The van der Waals surface area contributed by atoms with E-state index in [0.29, 0.717) is 17.0 Å². The smallest absolute Gasteiger partial charge is 0.335 e. The maximum Gasteiger partial charge on any atom is 0.335 e. The molecule has 26 heavy (non-hydrogen) atoms. The Labute approximate surface area is 150 Å². The molecule has 2 nitrogen and oxygen atoms in total. The minimum Gasteiger partial charge on any atom is -0.478 e. The molecule has 138 valence electrons. The van der Waals surface area contributed by atoms with Crippen molar-refractivity contribution in [2.24, 2.45) is 5.92 Å². The molecule has 1 fully saturated rings. The van der Waals surface area contributed by atoms with E-state index in [1.807, 2.05) is 0 Å². The van der Waals surface area contributed by atoms with Crippen LogP contribution in [0.15, 0.2) is 30.3 Å². The van der Waals surface area contributed by atoms with E-state index in [-0.39, 0.29) is 17.0 Å². The van der Waals surface area contributed by atoms with E-state index in [9.17, 15) is 23.1 Å². The molecular weight excluding hydrogens is 341 g/mol. The van der Waals surface area contributed by atoms with Crippen molar-refractivity contribution in [1.29, 1.82) is 0 Å². The minimum absolute atomic E-state index is 0.0104. The van der Waals surface area contributed by atoms with Crippen LogP contribution in [0.2, 0.25) is 0 Å². The van der Waals surface area contributed by atoms with Gasteiger partial charge in [-0.15, -0.1) is 0 Å². The molecule has 0 spiro atoms. The predicted octanol–water partition coefficient (Wildman–Crippen LogP) is 6.15. The number of hydrogen-bond donors (Lipinski definition) is 1. The number of rotatable bonds is 4. The number of carbonyl (C=O) groups is 1. The maximum absolute atomic E-state index is 13.7. The third-order valence-electron chi connectivity index (χ3n) is 5.46. The second kappa shape index (κ2) is 7.52. The molecule has 2 aromatic carbocycles. The van der Waals surface area contributed by atoms with Gasteiger partial charge in [0, 0.05) is 0 Å². The Kier molecular flexibility index (Phi) is 5.35. The third-order valence-corrected chi connectivity index (χ3v) is 5.46. The lowest BCUT2D eigenvalue weighted by Gasteiger charge is -2.30. The molecule has 0 atom stereocenters. The summed E-state index contributed by atoms with van der Waals surface area (Å²) in [6, 6.07) is 6.59. The monoisotopic (exact) mass is 362 g/mol. The number of hydrogen-bond acceptors (Lipinski definition) is 1. The largest absolute Gasteiger partial charge is 0.478 e. The van der Waals surface area contributed by atoms with Crippen molar-refractivity contribution in [3.8, 4) is 11.1 Å². The molecule has 0 unspecified atom stereocenters. The second-order valence-corrected chi connectivity index (χ2v) is 6.95. The van der Waals surface area contributed by atoms with Crippen LogP contribution in [0.3, 0.4) is 0 Å². The van der Waals surface area contributed by atoms with Crippen LogP contribution in [0.5, 0.6) is 0 Å². The fourth-order valence-electron chi connectivity index (χ4n) is 4.01. The van der Waals surface area contributed by atoms with Crippen LogP contribution in [0.1, 0.15) is 60.9 Å². The summed E-state index contributed by atoms with van der Waals surface area (Å²) in [4.78, 5) is 11.7. The number of carboxylic acid groups (broad SMARTS) is 1. The second-order valence-electron chi connectivity index (χ2n) is 6.95. The van der Waals surface area contributed by atoms with Gasteiger partial charge in [-0.25, -0.2) is 18.0 Å². The van der Waals surface area contributed by atoms with E-state index in [1.165, 1.54) is 6.07 Å². The van der Waals surface area contributed by atoms with Crippen molar-refractivity contribution < 1.29 is 23.1 Å². The van der Waals surface area contributed by atoms with Gasteiger partial charge in [0.15, 0.2) is 17.5 Å². The Morgan fingerprint density at radius 3 is 2.23 bits per heavy atom. The van der Waals surface area contributed by atoms with E-state index >= 15 is 0 Å². The lowest BCUT2D eigenvalue weighted by molar-refractivity contribution is 0.0694. The van der Waals surface area contributed by atoms with Crippen LogP contribution in [0.25, 0.3) is 11.1 Å². The molecule has 1 N–H and O–H groups in total. The number of aromatic carboxylic acids is 1. The van der Waals surface area contributed by atoms with Crippen molar-refractivity contribution in [2.45, 2.75) is 44.9 Å². The standard InChI is InChI=1S/C21H21F3O2/c1-2-12-6-8-13(9-7-12)19-15(4-3-5-16(19)21(25)26)14-10-17(22)20(24)18(23)11-14/h3-5,10-13H,2,6-9H2,1H3,(H,25,26). The summed E-state index contributed by atoms with van der Waals surface area (Å²) in [5.41, 5.74) is 1.37. The van der Waals surface area contributed by atoms with Crippen LogP contribution < -0.4 is 0 Å². The Bertz CT molecular complexity index is 801. The fourth-order valence-corrected chi connectivity index (χ4v) is 4.01. The van der Waals surface area contributed by atoms with Crippen LogP contribution in [-0.4, -0.2) is 11.1 Å². The van der Waals surface area contributed by atoms with E-state index in [4.69, 9.17) is 0 Å².